The Labute approximate surface area is 173 Å². The van der Waals surface area contributed by atoms with Crippen molar-refractivity contribution in [1.82, 2.24) is 9.29 Å². The molecule has 0 spiro atoms. The van der Waals surface area contributed by atoms with Gasteiger partial charge >= 0.3 is 0 Å². The molecule has 0 unspecified atom stereocenters. The molecule has 10 heteroatoms. The number of benzene rings is 1. The SMILES string of the molecule is O=S(=O)(c1ccc2c(c1)OCCCO2)N1CCN(c2ncc(Cl)cc2Cl)CC1. The van der Waals surface area contributed by atoms with E-state index >= 15 is 0 Å². The number of pyridine rings is 1. The first-order chi connectivity index (χ1) is 13.4. The van der Waals surface area contributed by atoms with Gasteiger partial charge in [0.15, 0.2) is 11.5 Å². The highest BCUT2D eigenvalue weighted by atomic mass is 35.5. The van der Waals surface area contributed by atoms with E-state index < -0.39 is 10.0 Å². The van der Waals surface area contributed by atoms with Crippen molar-refractivity contribution in [3.05, 3.63) is 40.5 Å². The van der Waals surface area contributed by atoms with E-state index in [4.69, 9.17) is 32.7 Å². The number of sulfonamides is 1. The van der Waals surface area contributed by atoms with Crippen LogP contribution in [-0.2, 0) is 10.0 Å². The van der Waals surface area contributed by atoms with Crippen molar-refractivity contribution in [1.29, 1.82) is 0 Å². The predicted octanol–water partition coefficient (Wildman–Crippen LogP) is 3.06. The Kier molecular flexibility index (Phi) is 5.55. The van der Waals surface area contributed by atoms with E-state index in [2.05, 4.69) is 4.98 Å². The van der Waals surface area contributed by atoms with Gasteiger partial charge in [0, 0.05) is 44.9 Å². The molecule has 0 bridgehead atoms. The molecule has 2 aromatic rings. The topological polar surface area (TPSA) is 72.0 Å². The zero-order valence-electron chi connectivity index (χ0n) is 15.0. The average Bonchev–Trinajstić information content (AvgIpc) is 2.93. The molecule has 2 aliphatic heterocycles. The Hall–Kier alpha value is -1.74. The number of ether oxygens (including phenoxy) is 2. The fraction of sp³-hybridized carbons (Fsp3) is 0.389. The molecule has 1 aromatic carbocycles. The van der Waals surface area contributed by atoms with Gasteiger partial charge in [-0.1, -0.05) is 23.2 Å². The molecule has 1 fully saturated rings. The van der Waals surface area contributed by atoms with E-state index in [1.165, 1.54) is 10.5 Å². The maximum Gasteiger partial charge on any atom is 0.243 e. The van der Waals surface area contributed by atoms with Gasteiger partial charge < -0.3 is 14.4 Å². The molecule has 1 saturated heterocycles. The molecule has 1 aromatic heterocycles. The maximum absolute atomic E-state index is 13.1. The van der Waals surface area contributed by atoms with Gasteiger partial charge in [0.1, 0.15) is 5.82 Å². The van der Waals surface area contributed by atoms with Crippen molar-refractivity contribution in [2.75, 3.05) is 44.3 Å². The first-order valence-electron chi connectivity index (χ1n) is 8.91. The Morgan fingerprint density at radius 3 is 2.39 bits per heavy atom. The zero-order valence-corrected chi connectivity index (χ0v) is 17.3. The van der Waals surface area contributed by atoms with Crippen molar-refractivity contribution in [2.24, 2.45) is 0 Å². The van der Waals surface area contributed by atoms with Crippen LogP contribution in [0.15, 0.2) is 35.4 Å². The van der Waals surface area contributed by atoms with Gasteiger partial charge in [-0.15, -0.1) is 0 Å². The van der Waals surface area contributed by atoms with Crippen LogP contribution >= 0.6 is 23.2 Å². The normalized spacial score (nSPS) is 18.0. The van der Waals surface area contributed by atoms with Crippen molar-refractivity contribution in [3.63, 3.8) is 0 Å². The summed E-state index contributed by atoms with van der Waals surface area (Å²) >= 11 is 12.1. The number of rotatable bonds is 3. The molecule has 0 N–H and O–H groups in total. The van der Waals surface area contributed by atoms with Gasteiger partial charge in [0.25, 0.3) is 0 Å². The molecular weight excluding hydrogens is 425 g/mol. The number of fused-ring (bicyclic) bond motifs is 1. The van der Waals surface area contributed by atoms with Crippen LogP contribution in [0.4, 0.5) is 5.82 Å². The summed E-state index contributed by atoms with van der Waals surface area (Å²) in [6.07, 6.45) is 2.30. The molecule has 3 heterocycles. The third kappa shape index (κ3) is 3.87. The second-order valence-corrected chi connectivity index (χ2v) is 9.29. The van der Waals surface area contributed by atoms with E-state index in [1.54, 1.807) is 24.3 Å². The number of aromatic nitrogens is 1. The molecule has 0 aliphatic carbocycles. The lowest BCUT2D eigenvalue weighted by Gasteiger charge is -2.35. The summed E-state index contributed by atoms with van der Waals surface area (Å²) in [6, 6.07) is 6.39. The zero-order chi connectivity index (χ0) is 19.7. The van der Waals surface area contributed by atoms with E-state index in [9.17, 15) is 8.42 Å². The molecule has 2 aliphatic rings. The molecule has 7 nitrogen and oxygen atoms in total. The highest BCUT2D eigenvalue weighted by Crippen LogP contribution is 2.33. The number of halogens is 2. The van der Waals surface area contributed by atoms with Crippen LogP contribution in [-0.4, -0.2) is 57.1 Å². The summed E-state index contributed by atoms with van der Waals surface area (Å²) in [5, 5.41) is 0.913. The summed E-state index contributed by atoms with van der Waals surface area (Å²) in [6.45, 7) is 2.69. The molecule has 0 atom stereocenters. The quantitative estimate of drug-likeness (QED) is 0.725. The number of piperazine rings is 1. The lowest BCUT2D eigenvalue weighted by Crippen LogP contribution is -2.49. The first kappa shape index (κ1) is 19.6. The average molecular weight is 444 g/mol. The smallest absolute Gasteiger partial charge is 0.243 e. The van der Waals surface area contributed by atoms with Crippen molar-refractivity contribution < 1.29 is 17.9 Å². The van der Waals surface area contributed by atoms with Gasteiger partial charge in [-0.2, -0.15) is 4.31 Å². The monoisotopic (exact) mass is 443 g/mol. The van der Waals surface area contributed by atoms with Crippen LogP contribution < -0.4 is 14.4 Å². The Morgan fingerprint density at radius 1 is 0.964 bits per heavy atom. The predicted molar refractivity (Wildman–Crippen MR) is 107 cm³/mol. The second kappa shape index (κ2) is 7.94. The van der Waals surface area contributed by atoms with Crippen LogP contribution in [0.3, 0.4) is 0 Å². The van der Waals surface area contributed by atoms with Crippen molar-refractivity contribution >= 4 is 39.0 Å². The van der Waals surface area contributed by atoms with E-state index in [-0.39, 0.29) is 4.90 Å². The van der Waals surface area contributed by atoms with Gasteiger partial charge in [0.05, 0.1) is 28.2 Å². The van der Waals surface area contributed by atoms with Crippen LogP contribution in [0, 0.1) is 0 Å². The lowest BCUT2D eigenvalue weighted by molar-refractivity contribution is 0.296. The fourth-order valence-electron chi connectivity index (χ4n) is 3.23. The summed E-state index contributed by atoms with van der Waals surface area (Å²) in [5.41, 5.74) is 0. The standard InChI is InChI=1S/C18H19Cl2N3O4S/c19-13-10-15(20)18(21-12-13)22-4-6-23(7-5-22)28(24,25)14-2-3-16-17(11-14)27-9-1-8-26-16/h2-3,10-12H,1,4-9H2. The van der Waals surface area contributed by atoms with Crippen LogP contribution in [0.25, 0.3) is 0 Å². The maximum atomic E-state index is 13.1. The van der Waals surface area contributed by atoms with Crippen LogP contribution in [0.5, 0.6) is 11.5 Å². The number of nitrogens with zero attached hydrogens (tertiary/aromatic N) is 3. The van der Waals surface area contributed by atoms with E-state index in [0.717, 1.165) is 6.42 Å². The first-order valence-corrected chi connectivity index (χ1v) is 11.1. The molecule has 150 valence electrons. The van der Waals surface area contributed by atoms with Gasteiger partial charge in [-0.3, -0.25) is 0 Å². The highest BCUT2D eigenvalue weighted by Gasteiger charge is 2.30. The van der Waals surface area contributed by atoms with Gasteiger partial charge in [-0.05, 0) is 18.2 Å². The number of anilines is 1. The Morgan fingerprint density at radius 2 is 1.68 bits per heavy atom. The van der Waals surface area contributed by atoms with Gasteiger partial charge in [-0.25, -0.2) is 13.4 Å². The van der Waals surface area contributed by atoms with Crippen LogP contribution in [0.2, 0.25) is 10.0 Å². The molecule has 28 heavy (non-hydrogen) atoms. The second-order valence-electron chi connectivity index (χ2n) is 6.51. The third-order valence-corrected chi connectivity index (χ3v) is 7.06. The summed E-state index contributed by atoms with van der Waals surface area (Å²) in [4.78, 5) is 6.43. The highest BCUT2D eigenvalue weighted by molar-refractivity contribution is 7.89. The number of hydrogen-bond acceptors (Lipinski definition) is 6. The molecule has 0 amide bonds. The summed E-state index contributed by atoms with van der Waals surface area (Å²) < 4.78 is 38.8. The molecular formula is C18H19Cl2N3O4S. The summed E-state index contributed by atoms with van der Waals surface area (Å²) in [7, 11) is -3.63. The van der Waals surface area contributed by atoms with Gasteiger partial charge in [0.2, 0.25) is 10.0 Å². The molecule has 0 radical (unpaired) electrons. The lowest BCUT2D eigenvalue weighted by atomic mass is 10.3. The third-order valence-electron chi connectivity index (χ3n) is 4.68. The molecule has 0 saturated carbocycles. The minimum absolute atomic E-state index is 0.202. The number of hydrogen-bond donors (Lipinski definition) is 0. The largest absolute Gasteiger partial charge is 0.490 e. The molecule has 4 rings (SSSR count). The Balaban J connectivity index is 1.50. The van der Waals surface area contributed by atoms with E-state index in [0.29, 0.717) is 66.8 Å². The van der Waals surface area contributed by atoms with Crippen molar-refractivity contribution in [3.8, 4) is 11.5 Å². The van der Waals surface area contributed by atoms with Crippen molar-refractivity contribution in [2.45, 2.75) is 11.3 Å². The van der Waals surface area contributed by atoms with E-state index in [1.807, 2.05) is 4.90 Å². The minimum Gasteiger partial charge on any atom is -0.490 e. The fourth-order valence-corrected chi connectivity index (χ4v) is 5.17. The minimum atomic E-state index is -3.63. The Bertz CT molecular complexity index is 979. The van der Waals surface area contributed by atoms with Crippen LogP contribution in [0.1, 0.15) is 6.42 Å². The summed E-state index contributed by atoms with van der Waals surface area (Å²) in [5.74, 6) is 1.65.